The summed E-state index contributed by atoms with van der Waals surface area (Å²) in [6, 6.07) is 14.0. The van der Waals surface area contributed by atoms with Gasteiger partial charge in [0.05, 0.1) is 48.5 Å². The lowest BCUT2D eigenvalue weighted by atomic mass is 9.89. The van der Waals surface area contributed by atoms with Crippen molar-refractivity contribution in [2.24, 2.45) is 5.41 Å². The highest BCUT2D eigenvalue weighted by molar-refractivity contribution is 5.62. The van der Waals surface area contributed by atoms with Crippen LogP contribution in [-0.2, 0) is 16.7 Å². The normalized spacial score (nSPS) is 14.7. The molecule has 0 spiro atoms. The number of benzene rings is 1. The molecule has 9 nitrogen and oxygen atoms in total. The van der Waals surface area contributed by atoms with E-state index in [9.17, 15) is 5.26 Å². The molecule has 182 valence electrons. The van der Waals surface area contributed by atoms with E-state index in [2.05, 4.69) is 55.6 Å². The maximum atomic E-state index is 9.44. The highest BCUT2D eigenvalue weighted by Crippen LogP contribution is 2.28. The van der Waals surface area contributed by atoms with Gasteiger partial charge in [-0.15, -0.1) is 10.2 Å². The molecule has 0 amide bonds. The summed E-state index contributed by atoms with van der Waals surface area (Å²) in [4.78, 5) is 13.3. The van der Waals surface area contributed by atoms with Crippen molar-refractivity contribution in [3.05, 3.63) is 66.2 Å². The number of rotatable bonds is 8. The van der Waals surface area contributed by atoms with Crippen LogP contribution in [0, 0.1) is 16.7 Å². The van der Waals surface area contributed by atoms with Gasteiger partial charge in [-0.1, -0.05) is 19.1 Å². The van der Waals surface area contributed by atoms with Crippen LogP contribution in [0.2, 0.25) is 0 Å². The van der Waals surface area contributed by atoms with E-state index >= 15 is 0 Å². The first-order valence-electron chi connectivity index (χ1n) is 11.8. The van der Waals surface area contributed by atoms with Gasteiger partial charge in [-0.05, 0) is 43.7 Å². The fourth-order valence-corrected chi connectivity index (χ4v) is 3.87. The van der Waals surface area contributed by atoms with Crippen LogP contribution in [-0.4, -0.2) is 44.9 Å². The Labute approximate surface area is 209 Å². The van der Waals surface area contributed by atoms with Crippen molar-refractivity contribution in [1.82, 2.24) is 30.5 Å². The zero-order valence-corrected chi connectivity index (χ0v) is 20.5. The Bertz CT molecular complexity index is 1400. The second kappa shape index (κ2) is 9.57. The van der Waals surface area contributed by atoms with Crippen LogP contribution in [0.3, 0.4) is 0 Å². The van der Waals surface area contributed by atoms with E-state index in [-0.39, 0.29) is 11.3 Å². The predicted molar refractivity (Wildman–Crippen MR) is 133 cm³/mol. The Balaban J connectivity index is 1.30. The number of nitrogens with zero attached hydrogens (tertiary/aromatic N) is 6. The van der Waals surface area contributed by atoms with E-state index in [1.165, 1.54) is 5.56 Å². The van der Waals surface area contributed by atoms with Crippen LogP contribution in [0.25, 0.3) is 34.3 Å². The first kappa shape index (κ1) is 23.7. The molecular weight excluding hydrogens is 454 g/mol. The molecule has 4 aromatic rings. The van der Waals surface area contributed by atoms with Crippen LogP contribution in [0.1, 0.15) is 32.0 Å². The lowest BCUT2D eigenvalue weighted by Crippen LogP contribution is -2.47. The van der Waals surface area contributed by atoms with Gasteiger partial charge < -0.3 is 14.5 Å². The number of pyridine rings is 1. The van der Waals surface area contributed by atoms with Gasteiger partial charge in [0.1, 0.15) is 5.69 Å². The van der Waals surface area contributed by atoms with Crippen molar-refractivity contribution in [1.29, 1.82) is 5.26 Å². The van der Waals surface area contributed by atoms with Gasteiger partial charge in [-0.25, -0.2) is 4.98 Å². The summed E-state index contributed by atoms with van der Waals surface area (Å²) in [7, 11) is 0. The molecule has 0 radical (unpaired) electrons. The minimum atomic E-state index is -0.711. The SMILES string of the molecule is CC1(CNCc2ccc(-c3nnc(-c4cncc(-c5ccnc(C(C)(C)C#N)c5)n4)o3)cc2)COC1. The first-order chi connectivity index (χ1) is 17.4. The topological polar surface area (TPSA) is 123 Å². The van der Waals surface area contributed by atoms with Gasteiger partial charge in [0.25, 0.3) is 5.89 Å². The molecule has 1 saturated heterocycles. The van der Waals surface area contributed by atoms with Crippen LogP contribution in [0.15, 0.2) is 59.4 Å². The largest absolute Gasteiger partial charge is 0.415 e. The highest BCUT2D eigenvalue weighted by atomic mass is 16.5. The van der Waals surface area contributed by atoms with E-state index in [1.54, 1.807) is 18.6 Å². The Morgan fingerprint density at radius 2 is 1.78 bits per heavy atom. The highest BCUT2D eigenvalue weighted by Gasteiger charge is 2.32. The number of nitriles is 1. The number of ether oxygens (including phenoxy) is 1. The fourth-order valence-electron chi connectivity index (χ4n) is 3.87. The van der Waals surface area contributed by atoms with E-state index < -0.39 is 5.41 Å². The molecule has 1 fully saturated rings. The number of hydrogen-bond acceptors (Lipinski definition) is 9. The summed E-state index contributed by atoms with van der Waals surface area (Å²) in [5.74, 6) is 0.700. The molecule has 1 aliphatic rings. The van der Waals surface area contributed by atoms with Crippen molar-refractivity contribution in [3.8, 4) is 40.4 Å². The summed E-state index contributed by atoms with van der Waals surface area (Å²) in [5.41, 5.74) is 4.11. The lowest BCUT2D eigenvalue weighted by molar-refractivity contribution is -0.0991. The molecule has 1 N–H and O–H groups in total. The second-order valence-corrected chi connectivity index (χ2v) is 9.97. The number of aromatic nitrogens is 5. The summed E-state index contributed by atoms with van der Waals surface area (Å²) in [6.45, 7) is 9.23. The van der Waals surface area contributed by atoms with Gasteiger partial charge in [0, 0.05) is 35.8 Å². The monoisotopic (exact) mass is 481 g/mol. The molecular formula is C27H27N7O2. The minimum Gasteiger partial charge on any atom is -0.415 e. The number of nitrogens with one attached hydrogen (secondary N) is 1. The average molecular weight is 482 g/mol. The van der Waals surface area contributed by atoms with Crippen molar-refractivity contribution < 1.29 is 9.15 Å². The molecule has 0 bridgehead atoms. The van der Waals surface area contributed by atoms with Gasteiger partial charge >= 0.3 is 0 Å². The number of hydrogen-bond donors (Lipinski definition) is 1. The summed E-state index contributed by atoms with van der Waals surface area (Å²) >= 11 is 0. The quantitative estimate of drug-likeness (QED) is 0.395. The van der Waals surface area contributed by atoms with Crippen LogP contribution in [0.5, 0.6) is 0 Å². The maximum Gasteiger partial charge on any atom is 0.268 e. The van der Waals surface area contributed by atoms with Crippen molar-refractivity contribution in [2.45, 2.75) is 32.7 Å². The Kier molecular flexibility index (Phi) is 6.31. The van der Waals surface area contributed by atoms with E-state index in [1.807, 2.05) is 38.1 Å². The third kappa shape index (κ3) is 5.00. The van der Waals surface area contributed by atoms with Crippen LogP contribution in [0.4, 0.5) is 0 Å². The third-order valence-corrected chi connectivity index (χ3v) is 6.24. The second-order valence-electron chi connectivity index (χ2n) is 9.97. The summed E-state index contributed by atoms with van der Waals surface area (Å²) in [6.07, 6.45) is 4.92. The molecule has 5 rings (SSSR count). The molecule has 3 aromatic heterocycles. The predicted octanol–water partition coefficient (Wildman–Crippen LogP) is 4.18. The standard InChI is InChI=1S/C27H27N7O2/c1-26(2,14-28)23-10-20(8-9-31-23)21-12-29-13-22(32-21)25-34-33-24(36-25)19-6-4-18(5-7-19)11-30-15-27(3)16-35-17-27/h4-10,12-13,30H,11,15-17H2,1-3H3. The minimum absolute atomic E-state index is 0.243. The van der Waals surface area contributed by atoms with Gasteiger partial charge in [0.2, 0.25) is 5.89 Å². The van der Waals surface area contributed by atoms with Crippen molar-refractivity contribution >= 4 is 0 Å². The molecule has 0 aliphatic carbocycles. The molecule has 0 saturated carbocycles. The van der Waals surface area contributed by atoms with Gasteiger partial charge in [-0.3, -0.25) is 9.97 Å². The van der Waals surface area contributed by atoms with E-state index in [0.29, 0.717) is 23.0 Å². The maximum absolute atomic E-state index is 9.44. The summed E-state index contributed by atoms with van der Waals surface area (Å²) in [5, 5.41) is 21.3. The molecule has 4 heterocycles. The lowest BCUT2D eigenvalue weighted by Gasteiger charge is -2.38. The summed E-state index contributed by atoms with van der Waals surface area (Å²) < 4.78 is 11.2. The zero-order chi connectivity index (χ0) is 25.2. The van der Waals surface area contributed by atoms with Crippen molar-refractivity contribution in [2.75, 3.05) is 19.8 Å². The van der Waals surface area contributed by atoms with Gasteiger partial charge in [0.15, 0.2) is 0 Å². The Hall–Kier alpha value is -4.00. The molecule has 0 unspecified atom stereocenters. The van der Waals surface area contributed by atoms with Gasteiger partial charge in [-0.2, -0.15) is 5.26 Å². The Morgan fingerprint density at radius 1 is 1.03 bits per heavy atom. The molecule has 0 atom stereocenters. The third-order valence-electron chi connectivity index (χ3n) is 6.24. The average Bonchev–Trinajstić information content (AvgIpc) is 3.39. The van der Waals surface area contributed by atoms with Crippen molar-refractivity contribution in [3.63, 3.8) is 0 Å². The molecule has 1 aromatic carbocycles. The molecule has 36 heavy (non-hydrogen) atoms. The smallest absolute Gasteiger partial charge is 0.268 e. The Morgan fingerprint density at radius 3 is 2.50 bits per heavy atom. The van der Waals surface area contributed by atoms with Crippen LogP contribution >= 0.6 is 0 Å². The molecule has 9 heteroatoms. The zero-order valence-electron chi connectivity index (χ0n) is 20.5. The van der Waals surface area contributed by atoms with E-state index in [4.69, 9.17) is 9.15 Å². The van der Waals surface area contributed by atoms with E-state index in [0.717, 1.165) is 37.4 Å². The fraction of sp³-hybridized carbons (Fsp3) is 0.333. The van der Waals surface area contributed by atoms with Crippen LogP contribution < -0.4 is 5.32 Å². The first-order valence-corrected chi connectivity index (χ1v) is 11.8. The molecule has 1 aliphatic heterocycles.